The van der Waals surface area contributed by atoms with Gasteiger partial charge in [0.05, 0.1) is 7.11 Å². The molecule has 0 saturated heterocycles. The summed E-state index contributed by atoms with van der Waals surface area (Å²) in [7, 11) is 1.71. The van der Waals surface area contributed by atoms with Gasteiger partial charge in [-0.25, -0.2) is 0 Å². The zero-order valence-corrected chi connectivity index (χ0v) is 14.4. The van der Waals surface area contributed by atoms with Crippen molar-refractivity contribution in [3.05, 3.63) is 53.1 Å². The largest absolute Gasteiger partial charge is 0.496 e. The maximum atomic E-state index is 6.06. The van der Waals surface area contributed by atoms with E-state index in [1.807, 2.05) is 12.1 Å². The maximum Gasteiger partial charge on any atom is 0.161 e. The van der Waals surface area contributed by atoms with Crippen molar-refractivity contribution in [3.8, 4) is 17.2 Å². The molecule has 2 aromatic rings. The van der Waals surface area contributed by atoms with Crippen molar-refractivity contribution in [2.75, 3.05) is 26.9 Å². The third kappa shape index (κ3) is 3.49. The van der Waals surface area contributed by atoms with Crippen LogP contribution in [-0.2, 0) is 12.8 Å². The maximum absolute atomic E-state index is 6.06. The molecule has 24 heavy (non-hydrogen) atoms. The zero-order chi connectivity index (χ0) is 16.9. The van der Waals surface area contributed by atoms with E-state index < -0.39 is 0 Å². The molecule has 0 amide bonds. The Morgan fingerprint density at radius 1 is 1.08 bits per heavy atom. The molecule has 3 rings (SSSR count). The van der Waals surface area contributed by atoms with Gasteiger partial charge in [0.25, 0.3) is 0 Å². The first-order chi connectivity index (χ1) is 11.7. The second-order valence-corrected chi connectivity index (χ2v) is 6.04. The number of aryl methyl sites for hydroxylation is 1. The minimum atomic E-state index is 0.249. The molecule has 1 aliphatic rings. The number of benzene rings is 2. The number of ether oxygens (including phenoxy) is 3. The van der Waals surface area contributed by atoms with Crippen LogP contribution in [0.1, 0.15) is 29.5 Å². The average molecular weight is 327 g/mol. The van der Waals surface area contributed by atoms with Crippen LogP contribution in [0.5, 0.6) is 17.2 Å². The summed E-state index contributed by atoms with van der Waals surface area (Å²) in [4.78, 5) is 0. The number of hydrogen-bond donors (Lipinski definition) is 1. The molecule has 1 unspecified atom stereocenters. The van der Waals surface area contributed by atoms with E-state index in [1.165, 1.54) is 16.7 Å². The van der Waals surface area contributed by atoms with Gasteiger partial charge < -0.3 is 19.9 Å². The number of fused-ring (bicyclic) bond motifs is 1. The summed E-state index contributed by atoms with van der Waals surface area (Å²) in [6, 6.07) is 12.5. The Kier molecular flexibility index (Phi) is 5.26. The van der Waals surface area contributed by atoms with Crippen LogP contribution in [0.4, 0.5) is 0 Å². The monoisotopic (exact) mass is 327 g/mol. The molecular weight excluding hydrogens is 302 g/mol. The SMILES string of the molecule is CCc1cc(CC(CN)c2ccc3c(c2)OCCO3)ccc1OC. The van der Waals surface area contributed by atoms with Gasteiger partial charge in [0, 0.05) is 5.92 Å². The fourth-order valence-corrected chi connectivity index (χ4v) is 3.17. The summed E-state index contributed by atoms with van der Waals surface area (Å²) in [6.45, 7) is 3.94. The number of nitrogens with two attached hydrogens (primary N) is 1. The molecule has 0 aliphatic carbocycles. The summed E-state index contributed by atoms with van der Waals surface area (Å²) < 4.78 is 16.7. The summed E-state index contributed by atoms with van der Waals surface area (Å²) in [6.07, 6.45) is 1.85. The van der Waals surface area contributed by atoms with E-state index in [2.05, 4.69) is 31.2 Å². The Bertz CT molecular complexity index is 699. The summed E-state index contributed by atoms with van der Waals surface area (Å²) in [5.74, 6) is 2.84. The molecule has 0 saturated carbocycles. The van der Waals surface area contributed by atoms with Crippen molar-refractivity contribution in [2.45, 2.75) is 25.7 Å². The molecule has 4 heteroatoms. The fourth-order valence-electron chi connectivity index (χ4n) is 3.17. The number of methoxy groups -OCH3 is 1. The van der Waals surface area contributed by atoms with Crippen molar-refractivity contribution < 1.29 is 14.2 Å². The predicted molar refractivity (Wildman–Crippen MR) is 95.3 cm³/mol. The van der Waals surface area contributed by atoms with E-state index >= 15 is 0 Å². The van der Waals surface area contributed by atoms with Crippen LogP contribution in [0.25, 0.3) is 0 Å². The second-order valence-electron chi connectivity index (χ2n) is 6.04. The van der Waals surface area contributed by atoms with Gasteiger partial charge in [-0.05, 0) is 54.3 Å². The van der Waals surface area contributed by atoms with Crippen molar-refractivity contribution in [2.24, 2.45) is 5.73 Å². The van der Waals surface area contributed by atoms with Gasteiger partial charge in [0.15, 0.2) is 11.5 Å². The second kappa shape index (κ2) is 7.58. The lowest BCUT2D eigenvalue weighted by Crippen LogP contribution is -2.18. The first-order valence-electron chi connectivity index (χ1n) is 8.50. The minimum absolute atomic E-state index is 0.249. The van der Waals surface area contributed by atoms with Crippen LogP contribution in [0.3, 0.4) is 0 Å². The molecule has 0 fully saturated rings. The molecule has 2 aromatic carbocycles. The highest BCUT2D eigenvalue weighted by atomic mass is 16.6. The molecule has 0 aromatic heterocycles. The minimum Gasteiger partial charge on any atom is -0.496 e. The predicted octanol–water partition coefficient (Wildman–Crippen LogP) is 3.31. The van der Waals surface area contributed by atoms with Gasteiger partial charge in [0.1, 0.15) is 19.0 Å². The third-order valence-corrected chi connectivity index (χ3v) is 4.53. The van der Waals surface area contributed by atoms with Crippen molar-refractivity contribution in [3.63, 3.8) is 0 Å². The standard InChI is InChI=1S/C20H25NO3/c1-3-15-10-14(4-6-18(15)22-2)11-17(13-21)16-5-7-19-20(12-16)24-9-8-23-19/h4-7,10,12,17H,3,8-9,11,13,21H2,1-2H3. The van der Waals surface area contributed by atoms with Crippen LogP contribution in [0.2, 0.25) is 0 Å². The Morgan fingerprint density at radius 3 is 2.58 bits per heavy atom. The number of hydrogen-bond acceptors (Lipinski definition) is 4. The first kappa shape index (κ1) is 16.7. The van der Waals surface area contributed by atoms with Gasteiger partial charge in [-0.1, -0.05) is 25.1 Å². The van der Waals surface area contributed by atoms with E-state index in [0.29, 0.717) is 19.8 Å². The normalized spacial score (nSPS) is 14.3. The molecule has 0 spiro atoms. The quantitative estimate of drug-likeness (QED) is 0.884. The fraction of sp³-hybridized carbons (Fsp3) is 0.400. The van der Waals surface area contributed by atoms with Crippen LogP contribution in [0.15, 0.2) is 36.4 Å². The molecule has 0 bridgehead atoms. The van der Waals surface area contributed by atoms with Crippen LogP contribution >= 0.6 is 0 Å². The molecule has 1 aliphatic heterocycles. The lowest BCUT2D eigenvalue weighted by atomic mass is 9.91. The van der Waals surface area contributed by atoms with Gasteiger partial charge in [0.2, 0.25) is 0 Å². The molecule has 0 radical (unpaired) electrons. The van der Waals surface area contributed by atoms with Gasteiger partial charge in [-0.3, -0.25) is 0 Å². The summed E-state index contributed by atoms with van der Waals surface area (Å²) >= 11 is 0. The molecule has 4 nitrogen and oxygen atoms in total. The Morgan fingerprint density at radius 2 is 1.88 bits per heavy atom. The molecule has 1 heterocycles. The summed E-state index contributed by atoms with van der Waals surface area (Å²) in [5, 5.41) is 0. The molecule has 2 N–H and O–H groups in total. The highest BCUT2D eigenvalue weighted by Crippen LogP contribution is 2.34. The van der Waals surface area contributed by atoms with Crippen molar-refractivity contribution in [1.29, 1.82) is 0 Å². The zero-order valence-electron chi connectivity index (χ0n) is 14.4. The van der Waals surface area contributed by atoms with E-state index in [4.69, 9.17) is 19.9 Å². The van der Waals surface area contributed by atoms with Crippen LogP contribution < -0.4 is 19.9 Å². The van der Waals surface area contributed by atoms with E-state index in [9.17, 15) is 0 Å². The lowest BCUT2D eigenvalue weighted by Gasteiger charge is -2.22. The molecule has 128 valence electrons. The van der Waals surface area contributed by atoms with E-state index in [0.717, 1.165) is 30.1 Å². The molecule has 1 atom stereocenters. The van der Waals surface area contributed by atoms with Gasteiger partial charge >= 0.3 is 0 Å². The first-order valence-corrected chi connectivity index (χ1v) is 8.50. The Hall–Kier alpha value is -2.20. The molecular formula is C20H25NO3. The van der Waals surface area contributed by atoms with Crippen LogP contribution in [-0.4, -0.2) is 26.9 Å². The lowest BCUT2D eigenvalue weighted by molar-refractivity contribution is 0.171. The highest BCUT2D eigenvalue weighted by Gasteiger charge is 2.17. The Labute approximate surface area is 143 Å². The van der Waals surface area contributed by atoms with E-state index in [1.54, 1.807) is 7.11 Å². The van der Waals surface area contributed by atoms with Crippen molar-refractivity contribution in [1.82, 2.24) is 0 Å². The third-order valence-electron chi connectivity index (χ3n) is 4.53. The van der Waals surface area contributed by atoms with E-state index in [-0.39, 0.29) is 5.92 Å². The summed E-state index contributed by atoms with van der Waals surface area (Å²) in [5.41, 5.74) is 9.75. The van der Waals surface area contributed by atoms with Gasteiger partial charge in [-0.15, -0.1) is 0 Å². The topological polar surface area (TPSA) is 53.7 Å². The average Bonchev–Trinajstić information content (AvgIpc) is 2.65. The van der Waals surface area contributed by atoms with Crippen LogP contribution in [0, 0.1) is 0 Å². The Balaban J connectivity index is 1.82. The smallest absolute Gasteiger partial charge is 0.161 e. The number of rotatable bonds is 6. The van der Waals surface area contributed by atoms with Crippen molar-refractivity contribution >= 4 is 0 Å². The van der Waals surface area contributed by atoms with Gasteiger partial charge in [-0.2, -0.15) is 0 Å². The highest BCUT2D eigenvalue weighted by molar-refractivity contribution is 5.45.